The summed E-state index contributed by atoms with van der Waals surface area (Å²) < 4.78 is 7.18. The van der Waals surface area contributed by atoms with Crippen LogP contribution in [0.3, 0.4) is 0 Å². The molecule has 5 heteroatoms. The van der Waals surface area contributed by atoms with Crippen LogP contribution in [0.1, 0.15) is 0 Å². The van der Waals surface area contributed by atoms with E-state index in [0.29, 0.717) is 13.1 Å². The van der Waals surface area contributed by atoms with Gasteiger partial charge in [0.05, 0.1) is 31.8 Å². The van der Waals surface area contributed by atoms with Crippen LogP contribution >= 0.6 is 0 Å². The van der Waals surface area contributed by atoms with Gasteiger partial charge < -0.3 is 19.3 Å². The molecule has 1 heterocycles. The molecule has 0 spiro atoms. The van der Waals surface area contributed by atoms with E-state index >= 15 is 0 Å². The molecule has 0 radical (unpaired) electrons. The highest BCUT2D eigenvalue weighted by molar-refractivity contribution is 5.57. The molecule has 1 aromatic carbocycles. The van der Waals surface area contributed by atoms with Crippen molar-refractivity contribution in [3.63, 3.8) is 0 Å². The quantitative estimate of drug-likeness (QED) is 0.853. The zero-order valence-electron chi connectivity index (χ0n) is 11.2. The molecule has 1 unspecified atom stereocenters. The first kappa shape index (κ1) is 13.4. The third kappa shape index (κ3) is 3.48. The van der Waals surface area contributed by atoms with Gasteiger partial charge in [0, 0.05) is 26.0 Å². The number of methoxy groups -OCH3 is 1. The summed E-state index contributed by atoms with van der Waals surface area (Å²) in [6.07, 6.45) is 4.78. The van der Waals surface area contributed by atoms with Gasteiger partial charge in [-0.05, 0) is 12.1 Å². The zero-order valence-corrected chi connectivity index (χ0v) is 11.2. The van der Waals surface area contributed by atoms with Crippen molar-refractivity contribution < 1.29 is 9.84 Å². The first-order chi connectivity index (χ1) is 9.20. The van der Waals surface area contributed by atoms with E-state index in [-0.39, 0.29) is 0 Å². The first-order valence-corrected chi connectivity index (χ1v) is 6.18. The summed E-state index contributed by atoms with van der Waals surface area (Å²) in [4.78, 5) is 5.94. The number of aliphatic hydroxyl groups excluding tert-OH is 1. The van der Waals surface area contributed by atoms with Crippen LogP contribution in [0.15, 0.2) is 43.0 Å². The molecule has 0 aliphatic heterocycles. The number of likely N-dealkylation sites (N-methyl/N-ethyl adjacent to an activating group) is 1. The van der Waals surface area contributed by atoms with E-state index in [9.17, 15) is 5.11 Å². The minimum atomic E-state index is -0.468. The molecule has 2 aromatic rings. The van der Waals surface area contributed by atoms with E-state index in [1.54, 1.807) is 19.6 Å². The Bertz CT molecular complexity index is 499. The second-order valence-electron chi connectivity index (χ2n) is 4.47. The van der Waals surface area contributed by atoms with Gasteiger partial charge in [-0.2, -0.15) is 0 Å². The van der Waals surface area contributed by atoms with E-state index in [4.69, 9.17) is 4.74 Å². The van der Waals surface area contributed by atoms with E-state index in [0.717, 1.165) is 11.4 Å². The molecule has 0 saturated heterocycles. The van der Waals surface area contributed by atoms with Crippen molar-refractivity contribution in [2.45, 2.75) is 12.6 Å². The summed E-state index contributed by atoms with van der Waals surface area (Å²) in [6.45, 7) is 1.05. The average Bonchev–Trinajstić information content (AvgIpc) is 2.91. The number of anilines is 1. The molecule has 0 aliphatic rings. The Labute approximate surface area is 113 Å². The molecule has 0 aliphatic carbocycles. The largest absolute Gasteiger partial charge is 0.495 e. The summed E-state index contributed by atoms with van der Waals surface area (Å²) in [5, 5.41) is 10.1. The first-order valence-electron chi connectivity index (χ1n) is 6.18. The van der Waals surface area contributed by atoms with Crippen LogP contribution in [0, 0.1) is 0 Å². The van der Waals surface area contributed by atoms with Crippen molar-refractivity contribution >= 4 is 5.69 Å². The lowest BCUT2D eigenvalue weighted by Crippen LogP contribution is -2.32. The fourth-order valence-corrected chi connectivity index (χ4v) is 2.06. The maximum Gasteiger partial charge on any atom is 0.142 e. The summed E-state index contributed by atoms with van der Waals surface area (Å²) >= 11 is 0. The van der Waals surface area contributed by atoms with E-state index < -0.39 is 6.10 Å². The maximum atomic E-state index is 10.1. The lowest BCUT2D eigenvalue weighted by atomic mass is 10.2. The van der Waals surface area contributed by atoms with E-state index in [1.807, 2.05) is 47.0 Å². The van der Waals surface area contributed by atoms with Crippen molar-refractivity contribution in [3.05, 3.63) is 43.0 Å². The van der Waals surface area contributed by atoms with Gasteiger partial charge in [0.15, 0.2) is 0 Å². The van der Waals surface area contributed by atoms with E-state index in [2.05, 4.69) is 4.98 Å². The number of hydrogen-bond donors (Lipinski definition) is 1. The highest BCUT2D eigenvalue weighted by atomic mass is 16.5. The van der Waals surface area contributed by atoms with Crippen LogP contribution in [0.2, 0.25) is 0 Å². The normalized spacial score (nSPS) is 12.2. The number of nitrogens with zero attached hydrogens (tertiary/aromatic N) is 3. The molecule has 0 amide bonds. The van der Waals surface area contributed by atoms with Gasteiger partial charge in [-0.15, -0.1) is 0 Å². The molecule has 1 aromatic heterocycles. The Kier molecular flexibility index (Phi) is 4.41. The molecule has 0 saturated carbocycles. The van der Waals surface area contributed by atoms with Crippen LogP contribution in [0.4, 0.5) is 5.69 Å². The van der Waals surface area contributed by atoms with Gasteiger partial charge >= 0.3 is 0 Å². The number of hydrogen-bond acceptors (Lipinski definition) is 4. The van der Waals surface area contributed by atoms with Crippen LogP contribution in [-0.4, -0.2) is 41.5 Å². The average molecular weight is 261 g/mol. The molecular weight excluding hydrogens is 242 g/mol. The van der Waals surface area contributed by atoms with Crippen molar-refractivity contribution in [1.82, 2.24) is 9.55 Å². The molecule has 2 rings (SSSR count). The smallest absolute Gasteiger partial charge is 0.142 e. The lowest BCUT2D eigenvalue weighted by Gasteiger charge is -2.24. The van der Waals surface area contributed by atoms with Crippen molar-refractivity contribution in [1.29, 1.82) is 0 Å². The molecular formula is C14H19N3O2. The topological polar surface area (TPSA) is 50.5 Å². The van der Waals surface area contributed by atoms with Gasteiger partial charge in [-0.1, -0.05) is 12.1 Å². The number of ether oxygens (including phenoxy) is 1. The van der Waals surface area contributed by atoms with Gasteiger partial charge in [0.1, 0.15) is 5.75 Å². The summed E-state index contributed by atoms with van der Waals surface area (Å²) in [5.74, 6) is 0.805. The highest BCUT2D eigenvalue weighted by Gasteiger charge is 2.12. The van der Waals surface area contributed by atoms with Crippen molar-refractivity contribution in [2.75, 3.05) is 25.6 Å². The van der Waals surface area contributed by atoms with Gasteiger partial charge in [0.2, 0.25) is 0 Å². The molecule has 102 valence electrons. The Balaban J connectivity index is 1.98. The van der Waals surface area contributed by atoms with Crippen LogP contribution in [0.5, 0.6) is 5.75 Å². The van der Waals surface area contributed by atoms with Crippen molar-refractivity contribution in [3.8, 4) is 5.75 Å². The maximum absolute atomic E-state index is 10.1. The number of para-hydroxylation sites is 2. The van der Waals surface area contributed by atoms with Gasteiger partial charge in [-0.25, -0.2) is 4.98 Å². The minimum Gasteiger partial charge on any atom is -0.495 e. The number of rotatable bonds is 6. The number of benzene rings is 1. The van der Waals surface area contributed by atoms with Crippen LogP contribution in [-0.2, 0) is 6.54 Å². The summed E-state index contributed by atoms with van der Waals surface area (Å²) in [7, 11) is 3.59. The van der Waals surface area contributed by atoms with Crippen molar-refractivity contribution in [2.24, 2.45) is 0 Å². The van der Waals surface area contributed by atoms with Gasteiger partial charge in [-0.3, -0.25) is 0 Å². The highest BCUT2D eigenvalue weighted by Crippen LogP contribution is 2.26. The number of imidazole rings is 1. The summed E-state index contributed by atoms with van der Waals surface area (Å²) in [5.41, 5.74) is 0.967. The van der Waals surface area contributed by atoms with Crippen LogP contribution < -0.4 is 9.64 Å². The Morgan fingerprint density at radius 2 is 2.21 bits per heavy atom. The minimum absolute atomic E-state index is 0.468. The molecule has 1 N–H and O–H groups in total. The van der Waals surface area contributed by atoms with Gasteiger partial charge in [0.25, 0.3) is 0 Å². The molecule has 5 nitrogen and oxygen atoms in total. The molecule has 19 heavy (non-hydrogen) atoms. The second kappa shape index (κ2) is 6.24. The molecule has 0 bridgehead atoms. The van der Waals surface area contributed by atoms with Crippen LogP contribution in [0.25, 0.3) is 0 Å². The molecule has 1 atom stereocenters. The Morgan fingerprint density at radius 3 is 2.89 bits per heavy atom. The number of aromatic nitrogens is 2. The monoisotopic (exact) mass is 261 g/mol. The SMILES string of the molecule is COc1ccccc1N(C)CC(O)Cn1ccnc1. The predicted molar refractivity (Wildman–Crippen MR) is 74.5 cm³/mol. The number of aliphatic hydroxyl groups is 1. The zero-order chi connectivity index (χ0) is 13.7. The fourth-order valence-electron chi connectivity index (χ4n) is 2.06. The molecule has 0 fully saturated rings. The predicted octanol–water partition coefficient (Wildman–Crippen LogP) is 1.39. The summed E-state index contributed by atoms with van der Waals surface area (Å²) in [6, 6.07) is 7.77. The Hall–Kier alpha value is -2.01. The third-order valence-corrected chi connectivity index (χ3v) is 2.96. The fraction of sp³-hybridized carbons (Fsp3) is 0.357. The lowest BCUT2D eigenvalue weighted by molar-refractivity contribution is 0.160. The van der Waals surface area contributed by atoms with E-state index in [1.165, 1.54) is 0 Å². The standard InChI is InChI=1S/C14H19N3O2/c1-16(13-5-3-4-6-14(13)19-2)9-12(18)10-17-8-7-15-11-17/h3-8,11-12,18H,9-10H2,1-2H3. The second-order valence-corrected chi connectivity index (χ2v) is 4.47. The Morgan fingerprint density at radius 1 is 1.42 bits per heavy atom. The third-order valence-electron chi connectivity index (χ3n) is 2.96.